The van der Waals surface area contributed by atoms with E-state index in [9.17, 15) is 14.4 Å². The third kappa shape index (κ3) is 12.7. The first-order valence-corrected chi connectivity index (χ1v) is 23.3. The molecule has 62 heavy (non-hydrogen) atoms. The molecule has 4 aromatic heterocycles. The van der Waals surface area contributed by atoms with Crippen molar-refractivity contribution < 1.29 is 19.1 Å². The molecular formula is C47H53Cl3N6O4S2. The summed E-state index contributed by atoms with van der Waals surface area (Å²) in [6.45, 7) is 8.86. The number of benzene rings is 2. The average molecular weight is 936 g/mol. The highest BCUT2D eigenvalue weighted by Gasteiger charge is 2.30. The summed E-state index contributed by atoms with van der Waals surface area (Å²) in [4.78, 5) is 42.9. The molecule has 328 valence electrons. The largest absolute Gasteiger partial charge is 0.444 e. The molecule has 1 N–H and O–H groups in total. The maximum atomic E-state index is 13.3. The van der Waals surface area contributed by atoms with Crippen LogP contribution in [0.2, 0.25) is 8.67 Å². The van der Waals surface area contributed by atoms with Crippen molar-refractivity contribution in [2.75, 3.05) is 26.2 Å². The van der Waals surface area contributed by atoms with Crippen molar-refractivity contribution >= 4 is 76.2 Å². The summed E-state index contributed by atoms with van der Waals surface area (Å²) in [6, 6.07) is 30.7. The standard InChI is InChI=1S/C26H30ClN3O3S.C21H22ClN3OS.ClH/c1-26(2,3)33-25(32)29-15-13-18(14-16-29)22-17-20(9-10-21-11-12-23(27)34-21)30(28-22)24(31)19-7-5-4-6-8-19;22-20-9-8-18(27-20)7-6-17-14-19(15-10-12-23-13-11-15)24-25(17)21(26)16-4-2-1-3-5-16;/h4-8,11-12,17-18H,9-10,13-16H2,1-3H3;1-5,8-9,14-15,23H,6-7,10-13H2;1H. The van der Waals surface area contributed by atoms with Gasteiger partial charge in [-0.15, -0.1) is 35.1 Å². The Balaban J connectivity index is 0.000000209. The van der Waals surface area contributed by atoms with Gasteiger partial charge in [0.2, 0.25) is 0 Å². The van der Waals surface area contributed by atoms with Crippen LogP contribution in [0.25, 0.3) is 0 Å². The smallest absolute Gasteiger partial charge is 0.410 e. The number of halogens is 3. The van der Waals surface area contributed by atoms with Crippen molar-refractivity contribution in [3.63, 3.8) is 0 Å². The summed E-state index contributed by atoms with van der Waals surface area (Å²) < 4.78 is 10.2. The molecule has 0 aliphatic carbocycles. The number of hydrogen-bond donors (Lipinski definition) is 1. The van der Waals surface area contributed by atoms with Crippen molar-refractivity contribution in [2.24, 2.45) is 0 Å². The maximum Gasteiger partial charge on any atom is 0.410 e. The molecule has 6 aromatic rings. The van der Waals surface area contributed by atoms with E-state index >= 15 is 0 Å². The van der Waals surface area contributed by atoms with E-state index in [1.165, 1.54) is 9.75 Å². The van der Waals surface area contributed by atoms with Crippen molar-refractivity contribution in [3.05, 3.63) is 149 Å². The van der Waals surface area contributed by atoms with Crippen molar-refractivity contribution in [1.82, 2.24) is 29.8 Å². The maximum absolute atomic E-state index is 13.3. The number of likely N-dealkylation sites (tertiary alicyclic amines) is 1. The number of aromatic nitrogens is 4. The van der Waals surface area contributed by atoms with Crippen LogP contribution < -0.4 is 5.32 Å². The fourth-order valence-corrected chi connectivity index (χ4v) is 9.84. The van der Waals surface area contributed by atoms with Gasteiger partial charge in [-0.3, -0.25) is 9.59 Å². The number of nitrogens with zero attached hydrogens (tertiary/aromatic N) is 5. The number of thiophene rings is 2. The molecule has 0 saturated carbocycles. The molecular weight excluding hydrogens is 883 g/mol. The lowest BCUT2D eigenvalue weighted by atomic mass is 9.93. The van der Waals surface area contributed by atoms with Crippen LogP contribution in [0.3, 0.4) is 0 Å². The van der Waals surface area contributed by atoms with Gasteiger partial charge in [-0.05, 0) is 146 Å². The Labute approximate surface area is 388 Å². The predicted molar refractivity (Wildman–Crippen MR) is 252 cm³/mol. The lowest BCUT2D eigenvalue weighted by molar-refractivity contribution is 0.0204. The normalized spacial score (nSPS) is 14.8. The number of piperidine rings is 2. The van der Waals surface area contributed by atoms with Gasteiger partial charge in [0.05, 0.1) is 20.1 Å². The highest BCUT2D eigenvalue weighted by Crippen LogP contribution is 2.31. The van der Waals surface area contributed by atoms with Gasteiger partial charge in [0.15, 0.2) is 0 Å². The first-order valence-electron chi connectivity index (χ1n) is 20.9. The number of carbonyl (C=O) groups is 3. The van der Waals surface area contributed by atoms with E-state index in [4.69, 9.17) is 38.1 Å². The zero-order chi connectivity index (χ0) is 42.9. The lowest BCUT2D eigenvalue weighted by Crippen LogP contribution is -2.41. The van der Waals surface area contributed by atoms with E-state index in [1.807, 2.05) is 99.6 Å². The Bertz CT molecular complexity index is 2390. The Morgan fingerprint density at radius 2 is 1.10 bits per heavy atom. The van der Waals surface area contributed by atoms with Crippen LogP contribution in [0, 0.1) is 0 Å². The zero-order valence-corrected chi connectivity index (χ0v) is 39.2. The first kappa shape index (κ1) is 47.2. The molecule has 2 fully saturated rings. The first-order chi connectivity index (χ1) is 29.4. The summed E-state index contributed by atoms with van der Waals surface area (Å²) in [5.41, 5.74) is 4.58. The number of rotatable bonds is 10. The predicted octanol–water partition coefficient (Wildman–Crippen LogP) is 11.1. The summed E-state index contributed by atoms with van der Waals surface area (Å²) in [6.07, 6.45) is 6.55. The minimum atomic E-state index is -0.508. The van der Waals surface area contributed by atoms with Crippen molar-refractivity contribution in [1.29, 1.82) is 0 Å². The van der Waals surface area contributed by atoms with Gasteiger partial charge in [0.25, 0.3) is 11.8 Å². The minimum Gasteiger partial charge on any atom is -0.444 e. The number of ether oxygens (including phenoxy) is 1. The molecule has 0 spiro atoms. The van der Waals surface area contributed by atoms with Crippen molar-refractivity contribution in [3.8, 4) is 0 Å². The Morgan fingerprint density at radius 1 is 0.661 bits per heavy atom. The second-order valence-electron chi connectivity index (χ2n) is 16.5. The molecule has 0 unspecified atom stereocenters. The molecule has 2 aromatic carbocycles. The average Bonchev–Trinajstić information content (AvgIpc) is 4.09. The van der Waals surface area contributed by atoms with Gasteiger partial charge >= 0.3 is 6.09 Å². The van der Waals surface area contributed by atoms with E-state index in [1.54, 1.807) is 36.9 Å². The third-order valence-electron chi connectivity index (χ3n) is 10.9. The highest BCUT2D eigenvalue weighted by molar-refractivity contribution is 7.16. The van der Waals surface area contributed by atoms with Gasteiger partial charge < -0.3 is 15.0 Å². The third-order valence-corrected chi connectivity index (χ3v) is 13.4. The van der Waals surface area contributed by atoms with Crippen LogP contribution in [0.15, 0.2) is 97.1 Å². The van der Waals surface area contributed by atoms with E-state index in [2.05, 4.69) is 23.5 Å². The zero-order valence-electron chi connectivity index (χ0n) is 35.2. The molecule has 2 aliphatic heterocycles. The molecule has 2 saturated heterocycles. The van der Waals surface area contributed by atoms with E-state index in [0.717, 1.165) is 89.5 Å². The van der Waals surface area contributed by atoms with Crippen LogP contribution in [0.1, 0.15) is 112 Å². The molecule has 2 aliphatic rings. The lowest BCUT2D eigenvalue weighted by Gasteiger charge is -2.32. The van der Waals surface area contributed by atoms with Gasteiger partial charge in [-0.2, -0.15) is 10.2 Å². The molecule has 1 amide bonds. The number of amides is 1. The Kier molecular flexibility index (Phi) is 16.6. The van der Waals surface area contributed by atoms with Crippen LogP contribution in [-0.4, -0.2) is 74.1 Å². The van der Waals surface area contributed by atoms with Gasteiger partial charge in [-0.1, -0.05) is 59.6 Å². The van der Waals surface area contributed by atoms with Crippen LogP contribution in [0.5, 0.6) is 0 Å². The molecule has 0 bridgehead atoms. The molecule has 15 heteroatoms. The SMILES string of the molecule is CC(C)(C)OC(=O)N1CCC(c2cc(CCc3ccc(Cl)s3)n(C(=O)c3ccccc3)n2)CC1.Cl.O=C(c1ccccc1)n1nc(C2CCNCC2)cc1CCc1ccc(Cl)s1. The van der Waals surface area contributed by atoms with Gasteiger partial charge in [0, 0.05) is 57.2 Å². The molecule has 6 heterocycles. The fraction of sp³-hybridized carbons (Fsp3) is 0.383. The highest BCUT2D eigenvalue weighted by atomic mass is 35.5. The number of aryl methyl sites for hydroxylation is 4. The number of carbonyl (C=O) groups excluding carboxylic acids is 3. The molecule has 10 nitrogen and oxygen atoms in total. The molecule has 0 atom stereocenters. The summed E-state index contributed by atoms with van der Waals surface area (Å²) in [7, 11) is 0. The van der Waals surface area contributed by atoms with Crippen LogP contribution in [0.4, 0.5) is 4.79 Å². The Hall–Kier alpha value is -4.30. The summed E-state index contributed by atoms with van der Waals surface area (Å²) in [5.74, 6) is 0.427. The second-order valence-corrected chi connectivity index (χ2v) is 20.1. The van der Waals surface area contributed by atoms with Gasteiger partial charge in [-0.25, -0.2) is 14.2 Å². The fourth-order valence-electron chi connectivity index (χ4n) is 7.67. The quantitative estimate of drug-likeness (QED) is 0.146. The number of nitrogens with one attached hydrogen (secondary N) is 1. The summed E-state index contributed by atoms with van der Waals surface area (Å²) in [5, 5.41) is 12.9. The van der Waals surface area contributed by atoms with Crippen LogP contribution >= 0.6 is 58.3 Å². The van der Waals surface area contributed by atoms with Crippen LogP contribution in [-0.2, 0) is 30.4 Å². The molecule has 8 rings (SSSR count). The topological polar surface area (TPSA) is 111 Å². The number of hydrogen-bond acceptors (Lipinski definition) is 9. The van der Waals surface area contributed by atoms with E-state index in [0.29, 0.717) is 36.6 Å². The summed E-state index contributed by atoms with van der Waals surface area (Å²) >= 11 is 15.3. The van der Waals surface area contributed by atoms with Crippen molar-refractivity contribution in [2.45, 2.75) is 89.6 Å². The molecule has 0 radical (unpaired) electrons. The van der Waals surface area contributed by atoms with E-state index in [-0.39, 0.29) is 36.2 Å². The Morgan fingerprint density at radius 3 is 1.50 bits per heavy atom. The monoisotopic (exact) mass is 934 g/mol. The van der Waals surface area contributed by atoms with Gasteiger partial charge in [0.1, 0.15) is 5.60 Å². The minimum absolute atomic E-state index is 0. The second kappa shape index (κ2) is 21.9. The van der Waals surface area contributed by atoms with E-state index < -0.39 is 5.60 Å².